The predicted molar refractivity (Wildman–Crippen MR) is 70.5 cm³/mol. The maximum atomic E-state index is 14.2. The maximum absolute atomic E-state index is 14.2. The second-order valence-corrected chi connectivity index (χ2v) is 5.00. The number of carbonyl (C=O) groups is 1. The minimum atomic E-state index is -0.946. The molecular formula is C14H18FNO4. The molecule has 0 bridgehead atoms. The topological polar surface area (TPSA) is 67.8 Å². The van der Waals surface area contributed by atoms with E-state index in [-0.39, 0.29) is 18.2 Å². The van der Waals surface area contributed by atoms with Crippen LogP contribution in [0, 0.1) is 11.7 Å². The highest BCUT2D eigenvalue weighted by Crippen LogP contribution is 2.34. The van der Waals surface area contributed by atoms with E-state index in [2.05, 4.69) is 5.32 Å². The molecule has 0 spiro atoms. The van der Waals surface area contributed by atoms with Crippen LogP contribution >= 0.6 is 0 Å². The van der Waals surface area contributed by atoms with Gasteiger partial charge in [0.15, 0.2) is 17.3 Å². The Morgan fingerprint density at radius 1 is 1.40 bits per heavy atom. The molecule has 6 heteroatoms. The largest absolute Gasteiger partial charge is 0.486 e. The third kappa shape index (κ3) is 3.01. The van der Waals surface area contributed by atoms with Crippen molar-refractivity contribution in [2.75, 3.05) is 13.2 Å². The molecule has 1 aliphatic heterocycles. The van der Waals surface area contributed by atoms with Crippen LogP contribution in [0.15, 0.2) is 12.1 Å². The Kier molecular flexibility index (Phi) is 4.44. The molecule has 0 saturated carbocycles. The summed E-state index contributed by atoms with van der Waals surface area (Å²) in [6.07, 6.45) is 0. The summed E-state index contributed by atoms with van der Waals surface area (Å²) in [6, 6.07) is 2.50. The molecule has 1 heterocycles. The predicted octanol–water partition coefficient (Wildman–Crippen LogP) is 1.80. The van der Waals surface area contributed by atoms with Crippen LogP contribution in [-0.4, -0.2) is 30.3 Å². The van der Waals surface area contributed by atoms with Gasteiger partial charge in [-0.25, -0.2) is 4.39 Å². The fourth-order valence-corrected chi connectivity index (χ4v) is 2.09. The summed E-state index contributed by atoms with van der Waals surface area (Å²) < 4.78 is 24.7. The number of nitrogens with one attached hydrogen (secondary N) is 1. The number of halogens is 1. The Labute approximate surface area is 116 Å². The first-order chi connectivity index (χ1) is 9.50. The first-order valence-corrected chi connectivity index (χ1v) is 6.54. The van der Waals surface area contributed by atoms with Gasteiger partial charge in [0.1, 0.15) is 19.3 Å². The van der Waals surface area contributed by atoms with Gasteiger partial charge in [-0.2, -0.15) is 0 Å². The van der Waals surface area contributed by atoms with Crippen LogP contribution in [0.5, 0.6) is 11.5 Å². The smallest absolute Gasteiger partial charge is 0.320 e. The fraction of sp³-hybridized carbons (Fsp3) is 0.500. The average Bonchev–Trinajstić information content (AvgIpc) is 2.41. The molecule has 2 rings (SSSR count). The van der Waals surface area contributed by atoms with E-state index in [0.717, 1.165) is 0 Å². The van der Waals surface area contributed by atoms with E-state index in [4.69, 9.17) is 14.6 Å². The zero-order chi connectivity index (χ0) is 14.7. The van der Waals surface area contributed by atoms with Gasteiger partial charge in [-0.05, 0) is 12.0 Å². The van der Waals surface area contributed by atoms with E-state index < -0.39 is 17.8 Å². The molecule has 0 unspecified atom stereocenters. The molecule has 0 amide bonds. The number of hydrogen-bond acceptors (Lipinski definition) is 4. The third-order valence-electron chi connectivity index (χ3n) is 3.17. The normalized spacial score (nSPS) is 15.2. The SMILES string of the molecule is CC(C)[C@@H](NCc1ccc2c(c1F)OCCO2)C(=O)O. The number of carboxylic acids is 1. The lowest BCUT2D eigenvalue weighted by atomic mass is 10.0. The van der Waals surface area contributed by atoms with Gasteiger partial charge >= 0.3 is 5.97 Å². The van der Waals surface area contributed by atoms with E-state index in [1.54, 1.807) is 26.0 Å². The van der Waals surface area contributed by atoms with E-state index >= 15 is 0 Å². The van der Waals surface area contributed by atoms with Crippen molar-refractivity contribution in [1.29, 1.82) is 0 Å². The van der Waals surface area contributed by atoms with Crippen LogP contribution in [0.4, 0.5) is 4.39 Å². The third-order valence-corrected chi connectivity index (χ3v) is 3.17. The van der Waals surface area contributed by atoms with Gasteiger partial charge < -0.3 is 14.6 Å². The summed E-state index contributed by atoms with van der Waals surface area (Å²) >= 11 is 0. The molecule has 0 aliphatic carbocycles. The summed E-state index contributed by atoms with van der Waals surface area (Å²) in [4.78, 5) is 11.1. The summed E-state index contributed by atoms with van der Waals surface area (Å²) in [7, 11) is 0. The Bertz CT molecular complexity index is 504. The summed E-state index contributed by atoms with van der Waals surface area (Å²) in [5.74, 6) is -1.04. The van der Waals surface area contributed by atoms with Gasteiger partial charge in [0.2, 0.25) is 0 Å². The van der Waals surface area contributed by atoms with Crippen molar-refractivity contribution in [2.45, 2.75) is 26.4 Å². The van der Waals surface area contributed by atoms with Crippen molar-refractivity contribution in [2.24, 2.45) is 5.92 Å². The van der Waals surface area contributed by atoms with Gasteiger partial charge in [0.05, 0.1) is 0 Å². The van der Waals surface area contributed by atoms with Gasteiger partial charge in [-0.15, -0.1) is 0 Å². The maximum Gasteiger partial charge on any atom is 0.320 e. The monoisotopic (exact) mass is 283 g/mol. The zero-order valence-corrected chi connectivity index (χ0v) is 11.5. The summed E-state index contributed by atoms with van der Waals surface area (Å²) in [6.45, 7) is 4.43. The van der Waals surface area contributed by atoms with E-state index in [0.29, 0.717) is 24.5 Å². The number of carboxylic acid groups (broad SMARTS) is 1. The van der Waals surface area contributed by atoms with Crippen molar-refractivity contribution in [3.05, 3.63) is 23.5 Å². The lowest BCUT2D eigenvalue weighted by Gasteiger charge is -2.21. The molecule has 0 radical (unpaired) electrons. The van der Waals surface area contributed by atoms with Crippen LogP contribution in [0.2, 0.25) is 0 Å². The van der Waals surface area contributed by atoms with Crippen LogP contribution in [-0.2, 0) is 11.3 Å². The highest BCUT2D eigenvalue weighted by Gasteiger charge is 2.23. The highest BCUT2D eigenvalue weighted by molar-refractivity contribution is 5.73. The van der Waals surface area contributed by atoms with Crippen LogP contribution in [0.3, 0.4) is 0 Å². The first kappa shape index (κ1) is 14.6. The van der Waals surface area contributed by atoms with Gasteiger partial charge in [-0.1, -0.05) is 19.9 Å². The molecule has 1 aromatic carbocycles. The van der Waals surface area contributed by atoms with Crippen LogP contribution in [0.25, 0.3) is 0 Å². The first-order valence-electron chi connectivity index (χ1n) is 6.54. The van der Waals surface area contributed by atoms with Crippen molar-refractivity contribution in [3.63, 3.8) is 0 Å². The second kappa shape index (κ2) is 6.09. The summed E-state index contributed by atoms with van der Waals surface area (Å²) in [5.41, 5.74) is 0.362. The fourth-order valence-electron chi connectivity index (χ4n) is 2.09. The average molecular weight is 283 g/mol. The Hall–Kier alpha value is -1.82. The number of ether oxygens (including phenoxy) is 2. The minimum Gasteiger partial charge on any atom is -0.486 e. The molecule has 5 nitrogen and oxygen atoms in total. The number of benzene rings is 1. The van der Waals surface area contributed by atoms with E-state index in [9.17, 15) is 9.18 Å². The van der Waals surface area contributed by atoms with Gasteiger partial charge in [-0.3, -0.25) is 10.1 Å². The molecular weight excluding hydrogens is 265 g/mol. The Morgan fingerprint density at radius 2 is 2.10 bits per heavy atom. The van der Waals surface area contributed by atoms with Gasteiger partial charge in [0.25, 0.3) is 0 Å². The Balaban J connectivity index is 2.12. The molecule has 1 aliphatic rings. The lowest BCUT2D eigenvalue weighted by molar-refractivity contribution is -0.140. The molecule has 20 heavy (non-hydrogen) atoms. The number of aliphatic carboxylic acids is 1. The number of hydrogen-bond donors (Lipinski definition) is 2. The van der Waals surface area contributed by atoms with E-state index in [1.165, 1.54) is 0 Å². The molecule has 0 saturated heterocycles. The van der Waals surface area contributed by atoms with Crippen LogP contribution < -0.4 is 14.8 Å². The van der Waals surface area contributed by atoms with Crippen molar-refractivity contribution >= 4 is 5.97 Å². The van der Waals surface area contributed by atoms with Crippen LogP contribution in [0.1, 0.15) is 19.4 Å². The van der Waals surface area contributed by atoms with Gasteiger partial charge in [0, 0.05) is 12.1 Å². The van der Waals surface area contributed by atoms with Crippen molar-refractivity contribution in [3.8, 4) is 11.5 Å². The molecule has 110 valence electrons. The van der Waals surface area contributed by atoms with E-state index in [1.807, 2.05) is 0 Å². The molecule has 1 aromatic rings. The highest BCUT2D eigenvalue weighted by atomic mass is 19.1. The standard InChI is InChI=1S/C14H18FNO4/c1-8(2)12(14(17)18)16-7-9-3-4-10-13(11(9)15)20-6-5-19-10/h3-4,8,12,16H,5-7H2,1-2H3,(H,17,18)/t12-/m1/s1. The second-order valence-electron chi connectivity index (χ2n) is 5.00. The summed E-state index contributed by atoms with van der Waals surface area (Å²) in [5, 5.41) is 11.9. The lowest BCUT2D eigenvalue weighted by Crippen LogP contribution is -2.40. The number of rotatable bonds is 5. The molecule has 2 N–H and O–H groups in total. The molecule has 0 fully saturated rings. The molecule has 0 aromatic heterocycles. The van der Waals surface area contributed by atoms with Crippen molar-refractivity contribution < 1.29 is 23.8 Å². The Morgan fingerprint density at radius 3 is 2.75 bits per heavy atom. The molecule has 1 atom stereocenters. The zero-order valence-electron chi connectivity index (χ0n) is 11.5. The minimum absolute atomic E-state index is 0.0900. The van der Waals surface area contributed by atoms with Crippen molar-refractivity contribution in [1.82, 2.24) is 5.32 Å². The number of fused-ring (bicyclic) bond motifs is 1. The quantitative estimate of drug-likeness (QED) is 0.862.